The highest BCUT2D eigenvalue weighted by atomic mass is 16.5. The van der Waals surface area contributed by atoms with Crippen molar-refractivity contribution in [3.63, 3.8) is 0 Å². The molecule has 0 radical (unpaired) electrons. The first-order valence-corrected chi connectivity index (χ1v) is 11.2. The Labute approximate surface area is 193 Å². The SMILES string of the molecule is COc1ccc2ccnc(Nc3ccc(C(=O)NCC4CCc5ccccc5C4)nc3)c2c1. The van der Waals surface area contributed by atoms with E-state index in [1.807, 2.05) is 30.3 Å². The normalized spacial score (nSPS) is 15.0. The average molecular weight is 439 g/mol. The quantitative estimate of drug-likeness (QED) is 0.447. The van der Waals surface area contributed by atoms with Gasteiger partial charge < -0.3 is 15.4 Å². The molecule has 2 heterocycles. The van der Waals surface area contributed by atoms with Crippen LogP contribution in [-0.4, -0.2) is 29.5 Å². The number of rotatable bonds is 6. The highest BCUT2D eigenvalue weighted by Crippen LogP contribution is 2.28. The zero-order chi connectivity index (χ0) is 22.6. The number of carbonyl (C=O) groups excluding carboxylic acids is 1. The van der Waals surface area contributed by atoms with Gasteiger partial charge in [-0.15, -0.1) is 0 Å². The molecule has 1 aliphatic carbocycles. The van der Waals surface area contributed by atoms with Crippen LogP contribution in [0.4, 0.5) is 11.5 Å². The van der Waals surface area contributed by atoms with Crippen LogP contribution in [0.5, 0.6) is 5.75 Å². The maximum atomic E-state index is 12.6. The van der Waals surface area contributed by atoms with E-state index >= 15 is 0 Å². The number of hydrogen-bond acceptors (Lipinski definition) is 5. The standard InChI is InChI=1S/C27H26N4O2/c1-33-23-10-8-20-12-13-28-26(24(20)15-23)31-22-9-11-25(29-17-22)27(32)30-16-18-6-7-19-4-2-3-5-21(19)14-18/h2-5,8-13,15,17-18H,6-7,14,16H2,1H3,(H,28,31)(H,30,32). The number of hydrogen-bond donors (Lipinski definition) is 2. The molecule has 2 aromatic heterocycles. The molecule has 0 aliphatic heterocycles. The Kier molecular flexibility index (Phi) is 5.89. The van der Waals surface area contributed by atoms with Crippen LogP contribution in [0.2, 0.25) is 0 Å². The van der Waals surface area contributed by atoms with Crippen molar-refractivity contribution in [1.29, 1.82) is 0 Å². The number of pyridine rings is 2. The Morgan fingerprint density at radius 2 is 1.94 bits per heavy atom. The zero-order valence-electron chi connectivity index (χ0n) is 18.5. The number of aromatic nitrogens is 2. The van der Waals surface area contributed by atoms with Gasteiger partial charge in [-0.25, -0.2) is 9.97 Å². The number of amides is 1. The predicted molar refractivity (Wildman–Crippen MR) is 130 cm³/mol. The van der Waals surface area contributed by atoms with E-state index in [0.29, 0.717) is 24.0 Å². The minimum absolute atomic E-state index is 0.145. The van der Waals surface area contributed by atoms with E-state index in [2.05, 4.69) is 44.9 Å². The molecule has 1 atom stereocenters. The summed E-state index contributed by atoms with van der Waals surface area (Å²) in [5, 5.41) is 8.36. The first-order chi connectivity index (χ1) is 16.2. The number of ether oxygens (including phenoxy) is 1. The van der Waals surface area contributed by atoms with Crippen LogP contribution in [0.15, 0.2) is 73.1 Å². The predicted octanol–water partition coefficient (Wildman–Crippen LogP) is 4.92. The van der Waals surface area contributed by atoms with Crippen LogP contribution in [0, 0.1) is 5.92 Å². The number of anilines is 2. The fourth-order valence-electron chi connectivity index (χ4n) is 4.39. The second kappa shape index (κ2) is 9.28. The van der Waals surface area contributed by atoms with Crippen molar-refractivity contribution in [2.45, 2.75) is 19.3 Å². The summed E-state index contributed by atoms with van der Waals surface area (Å²) < 4.78 is 5.34. The molecule has 6 nitrogen and oxygen atoms in total. The van der Waals surface area contributed by atoms with Gasteiger partial charge in [0.2, 0.25) is 0 Å². The second-order valence-corrected chi connectivity index (χ2v) is 8.39. The third kappa shape index (κ3) is 4.65. The molecule has 1 amide bonds. The zero-order valence-corrected chi connectivity index (χ0v) is 18.5. The first-order valence-electron chi connectivity index (χ1n) is 11.2. The molecule has 0 fully saturated rings. The van der Waals surface area contributed by atoms with Crippen molar-refractivity contribution >= 4 is 28.2 Å². The fourth-order valence-corrected chi connectivity index (χ4v) is 4.39. The van der Waals surface area contributed by atoms with Crippen molar-refractivity contribution in [1.82, 2.24) is 15.3 Å². The van der Waals surface area contributed by atoms with Crippen LogP contribution >= 0.6 is 0 Å². The van der Waals surface area contributed by atoms with Crippen molar-refractivity contribution in [2.24, 2.45) is 5.92 Å². The summed E-state index contributed by atoms with van der Waals surface area (Å²) in [4.78, 5) is 21.4. The Morgan fingerprint density at radius 3 is 2.76 bits per heavy atom. The van der Waals surface area contributed by atoms with E-state index < -0.39 is 0 Å². The Morgan fingerprint density at radius 1 is 1.06 bits per heavy atom. The number of methoxy groups -OCH3 is 1. The molecule has 4 aromatic rings. The van der Waals surface area contributed by atoms with Gasteiger partial charge in [-0.1, -0.05) is 30.3 Å². The summed E-state index contributed by atoms with van der Waals surface area (Å²) in [5.41, 5.74) is 4.00. The second-order valence-electron chi connectivity index (χ2n) is 8.39. The van der Waals surface area contributed by atoms with E-state index in [-0.39, 0.29) is 5.91 Å². The summed E-state index contributed by atoms with van der Waals surface area (Å²) in [6, 6.07) is 20.0. The number of nitrogens with one attached hydrogen (secondary N) is 2. The lowest BCUT2D eigenvalue weighted by atomic mass is 9.84. The molecule has 166 valence electrons. The molecule has 5 rings (SSSR count). The third-order valence-electron chi connectivity index (χ3n) is 6.23. The largest absolute Gasteiger partial charge is 0.497 e. The summed E-state index contributed by atoms with van der Waals surface area (Å²) in [6.45, 7) is 0.663. The molecule has 6 heteroatoms. The maximum absolute atomic E-state index is 12.6. The molecule has 33 heavy (non-hydrogen) atoms. The van der Waals surface area contributed by atoms with E-state index in [1.54, 1.807) is 25.6 Å². The molecule has 0 saturated carbocycles. The molecular formula is C27H26N4O2. The van der Waals surface area contributed by atoms with E-state index in [1.165, 1.54) is 11.1 Å². The monoisotopic (exact) mass is 438 g/mol. The third-order valence-corrected chi connectivity index (χ3v) is 6.23. The van der Waals surface area contributed by atoms with Crippen LogP contribution < -0.4 is 15.4 Å². The molecule has 1 aliphatic rings. The lowest BCUT2D eigenvalue weighted by molar-refractivity contribution is 0.0941. The highest BCUT2D eigenvalue weighted by molar-refractivity contribution is 5.95. The minimum atomic E-state index is -0.145. The van der Waals surface area contributed by atoms with Crippen molar-refractivity contribution < 1.29 is 9.53 Å². The van der Waals surface area contributed by atoms with Crippen LogP contribution in [0.25, 0.3) is 10.8 Å². The van der Waals surface area contributed by atoms with Gasteiger partial charge in [-0.05, 0) is 72.0 Å². The van der Waals surface area contributed by atoms with Crippen LogP contribution in [-0.2, 0) is 12.8 Å². The number of aryl methyl sites for hydroxylation is 1. The first kappa shape index (κ1) is 20.9. The Hall–Kier alpha value is -3.93. The molecule has 2 aromatic carbocycles. The van der Waals surface area contributed by atoms with Crippen molar-refractivity contribution in [3.8, 4) is 5.75 Å². The van der Waals surface area contributed by atoms with Crippen LogP contribution in [0.3, 0.4) is 0 Å². The molecule has 2 N–H and O–H groups in total. The maximum Gasteiger partial charge on any atom is 0.269 e. The number of nitrogens with zero attached hydrogens (tertiary/aromatic N) is 2. The smallest absolute Gasteiger partial charge is 0.269 e. The number of benzene rings is 2. The number of carbonyl (C=O) groups is 1. The summed E-state index contributed by atoms with van der Waals surface area (Å²) in [6.07, 6.45) is 6.60. The van der Waals surface area contributed by atoms with Crippen molar-refractivity contribution in [3.05, 3.63) is 89.9 Å². The van der Waals surface area contributed by atoms with E-state index in [4.69, 9.17) is 4.74 Å². The topological polar surface area (TPSA) is 76.1 Å². The highest BCUT2D eigenvalue weighted by Gasteiger charge is 2.19. The van der Waals surface area contributed by atoms with Gasteiger partial charge in [0.1, 0.15) is 17.3 Å². The van der Waals surface area contributed by atoms with Crippen molar-refractivity contribution in [2.75, 3.05) is 19.0 Å². The molecule has 0 spiro atoms. The van der Waals surface area contributed by atoms with Gasteiger partial charge in [0.25, 0.3) is 5.91 Å². The average Bonchev–Trinajstić information content (AvgIpc) is 2.87. The number of fused-ring (bicyclic) bond motifs is 2. The van der Waals surface area contributed by atoms with Gasteiger partial charge in [0.05, 0.1) is 19.0 Å². The molecule has 0 saturated heterocycles. The lowest BCUT2D eigenvalue weighted by Crippen LogP contribution is -2.32. The van der Waals surface area contributed by atoms with Gasteiger partial charge in [-0.3, -0.25) is 4.79 Å². The summed E-state index contributed by atoms with van der Waals surface area (Å²) in [5.74, 6) is 1.79. The van der Waals surface area contributed by atoms with Gasteiger partial charge in [0.15, 0.2) is 0 Å². The minimum Gasteiger partial charge on any atom is -0.497 e. The van der Waals surface area contributed by atoms with Gasteiger partial charge in [0, 0.05) is 18.1 Å². The molecule has 0 bridgehead atoms. The Balaban J connectivity index is 1.22. The lowest BCUT2D eigenvalue weighted by Gasteiger charge is -2.24. The molecular weight excluding hydrogens is 412 g/mol. The van der Waals surface area contributed by atoms with Gasteiger partial charge >= 0.3 is 0 Å². The summed E-state index contributed by atoms with van der Waals surface area (Å²) >= 11 is 0. The van der Waals surface area contributed by atoms with Crippen LogP contribution in [0.1, 0.15) is 28.0 Å². The van der Waals surface area contributed by atoms with E-state index in [9.17, 15) is 4.79 Å². The fraction of sp³-hybridized carbons (Fsp3) is 0.222. The Bertz CT molecular complexity index is 1290. The van der Waals surface area contributed by atoms with E-state index in [0.717, 1.165) is 41.5 Å². The van der Waals surface area contributed by atoms with Gasteiger partial charge in [-0.2, -0.15) is 0 Å². The molecule has 1 unspecified atom stereocenters. The summed E-state index contributed by atoms with van der Waals surface area (Å²) in [7, 11) is 1.64.